The van der Waals surface area contributed by atoms with Crippen LogP contribution in [0.5, 0.6) is 0 Å². The zero-order chi connectivity index (χ0) is 11.5. The average molecular weight is 215 g/mol. The Balaban J connectivity index is 3.49. The topological polar surface area (TPSA) is 64.6 Å². The van der Waals surface area contributed by atoms with Crippen molar-refractivity contribution in [3.63, 3.8) is 0 Å². The molecule has 0 spiro atoms. The Bertz CT molecular complexity index is 225. The van der Waals surface area contributed by atoms with Crippen LogP contribution >= 0.6 is 0 Å². The molecule has 0 fully saturated rings. The largest absolute Gasteiger partial charge is 0.466 e. The second-order valence-electron chi connectivity index (χ2n) is 2.77. The summed E-state index contributed by atoms with van der Waals surface area (Å²) in [4.78, 5) is 21.6. The molecule has 0 aliphatic carbocycles. The highest BCUT2D eigenvalue weighted by molar-refractivity contribution is 5.91. The Hall–Kier alpha value is -1.36. The molecule has 0 atom stereocenters. The zero-order valence-electron chi connectivity index (χ0n) is 9.12. The van der Waals surface area contributed by atoms with Crippen LogP contribution in [0.3, 0.4) is 0 Å². The molecule has 15 heavy (non-hydrogen) atoms. The molecule has 0 saturated carbocycles. The van der Waals surface area contributed by atoms with Gasteiger partial charge in [0.2, 0.25) is 0 Å². The van der Waals surface area contributed by atoms with Crippen LogP contribution < -0.4 is 5.32 Å². The number of esters is 2. The number of nitrogens with one attached hydrogen (secondary N) is 1. The molecule has 0 aromatic heterocycles. The lowest BCUT2D eigenvalue weighted by Crippen LogP contribution is -2.21. The van der Waals surface area contributed by atoms with Crippen molar-refractivity contribution >= 4 is 11.9 Å². The monoisotopic (exact) mass is 215 g/mol. The standard InChI is InChI=1S/C10H17NO4/c1-3-6-11-7-8-15-10(13)5-4-9(12)14-2/h4-5,11H,3,6-8H2,1-2H3/b5-4+. The second-order valence-corrected chi connectivity index (χ2v) is 2.77. The predicted molar refractivity (Wildman–Crippen MR) is 55.3 cm³/mol. The van der Waals surface area contributed by atoms with E-state index in [1.165, 1.54) is 7.11 Å². The van der Waals surface area contributed by atoms with Crippen LogP contribution in [0.25, 0.3) is 0 Å². The quantitative estimate of drug-likeness (QED) is 0.375. The summed E-state index contributed by atoms with van der Waals surface area (Å²) in [7, 11) is 1.24. The highest BCUT2D eigenvalue weighted by Gasteiger charge is 1.98. The van der Waals surface area contributed by atoms with Crippen LogP contribution in [0.4, 0.5) is 0 Å². The van der Waals surface area contributed by atoms with Crippen LogP contribution in [-0.4, -0.2) is 38.7 Å². The lowest BCUT2D eigenvalue weighted by atomic mass is 10.5. The van der Waals surface area contributed by atoms with Crippen molar-refractivity contribution in [1.82, 2.24) is 5.32 Å². The van der Waals surface area contributed by atoms with Gasteiger partial charge in [0.1, 0.15) is 6.61 Å². The van der Waals surface area contributed by atoms with E-state index in [-0.39, 0.29) is 0 Å². The van der Waals surface area contributed by atoms with Crippen molar-refractivity contribution < 1.29 is 19.1 Å². The molecule has 0 aromatic carbocycles. The third kappa shape index (κ3) is 8.96. The molecule has 86 valence electrons. The minimum Gasteiger partial charge on any atom is -0.466 e. The van der Waals surface area contributed by atoms with E-state index in [1.54, 1.807) is 0 Å². The van der Waals surface area contributed by atoms with E-state index in [2.05, 4.69) is 17.0 Å². The van der Waals surface area contributed by atoms with Crippen molar-refractivity contribution in [1.29, 1.82) is 0 Å². The van der Waals surface area contributed by atoms with Gasteiger partial charge < -0.3 is 14.8 Å². The minimum absolute atomic E-state index is 0.296. The third-order valence-electron chi connectivity index (χ3n) is 1.51. The Morgan fingerprint density at radius 1 is 1.20 bits per heavy atom. The SMILES string of the molecule is CCCNCCOC(=O)/C=C/C(=O)OC. The van der Waals surface area contributed by atoms with Crippen LogP contribution in [0.15, 0.2) is 12.2 Å². The van der Waals surface area contributed by atoms with Gasteiger partial charge in [0.15, 0.2) is 0 Å². The molecule has 0 rings (SSSR count). The smallest absolute Gasteiger partial charge is 0.331 e. The van der Waals surface area contributed by atoms with Gasteiger partial charge >= 0.3 is 11.9 Å². The molecule has 0 bridgehead atoms. The minimum atomic E-state index is -0.573. The predicted octanol–water partition coefficient (Wildman–Crippen LogP) is 0.258. The molecule has 0 unspecified atom stereocenters. The molecule has 0 saturated heterocycles. The van der Waals surface area contributed by atoms with Crippen molar-refractivity contribution in [2.24, 2.45) is 0 Å². The number of hydrogen-bond donors (Lipinski definition) is 1. The van der Waals surface area contributed by atoms with Crippen LogP contribution in [-0.2, 0) is 19.1 Å². The number of rotatable bonds is 7. The molecule has 0 heterocycles. The molecular weight excluding hydrogens is 198 g/mol. The van der Waals surface area contributed by atoms with Crippen molar-refractivity contribution in [3.05, 3.63) is 12.2 Å². The lowest BCUT2D eigenvalue weighted by Gasteiger charge is -2.02. The van der Waals surface area contributed by atoms with Gasteiger partial charge in [-0.15, -0.1) is 0 Å². The summed E-state index contributed by atoms with van der Waals surface area (Å²) in [5, 5.41) is 3.07. The number of carbonyl (C=O) groups is 2. The summed E-state index contributed by atoms with van der Waals surface area (Å²) in [5.41, 5.74) is 0. The molecular formula is C10H17NO4. The fourth-order valence-corrected chi connectivity index (χ4v) is 0.778. The van der Waals surface area contributed by atoms with E-state index in [0.29, 0.717) is 13.2 Å². The fraction of sp³-hybridized carbons (Fsp3) is 0.600. The average Bonchev–Trinajstić information content (AvgIpc) is 2.25. The first kappa shape index (κ1) is 13.6. The first-order valence-electron chi connectivity index (χ1n) is 4.84. The summed E-state index contributed by atoms with van der Waals surface area (Å²) in [6.45, 7) is 3.86. The summed E-state index contributed by atoms with van der Waals surface area (Å²) < 4.78 is 9.10. The van der Waals surface area contributed by atoms with E-state index in [0.717, 1.165) is 25.1 Å². The lowest BCUT2D eigenvalue weighted by molar-refractivity contribution is -0.139. The van der Waals surface area contributed by atoms with Gasteiger partial charge in [-0.05, 0) is 13.0 Å². The maximum atomic E-state index is 11.0. The molecule has 0 aliphatic heterocycles. The van der Waals surface area contributed by atoms with Gasteiger partial charge in [0, 0.05) is 18.7 Å². The first-order valence-corrected chi connectivity index (χ1v) is 4.84. The molecule has 0 amide bonds. The highest BCUT2D eigenvalue weighted by atomic mass is 16.5. The second kappa shape index (κ2) is 9.21. The van der Waals surface area contributed by atoms with E-state index in [9.17, 15) is 9.59 Å². The Morgan fingerprint density at radius 2 is 1.87 bits per heavy atom. The molecule has 0 aromatic rings. The van der Waals surface area contributed by atoms with Crippen LogP contribution in [0.1, 0.15) is 13.3 Å². The Morgan fingerprint density at radius 3 is 2.47 bits per heavy atom. The van der Waals surface area contributed by atoms with Gasteiger partial charge in [-0.3, -0.25) is 0 Å². The van der Waals surface area contributed by atoms with Crippen LogP contribution in [0.2, 0.25) is 0 Å². The maximum absolute atomic E-state index is 11.0. The number of ether oxygens (including phenoxy) is 2. The van der Waals surface area contributed by atoms with E-state index >= 15 is 0 Å². The molecule has 5 nitrogen and oxygen atoms in total. The van der Waals surface area contributed by atoms with E-state index in [1.807, 2.05) is 0 Å². The first-order chi connectivity index (χ1) is 7.20. The Kier molecular flexibility index (Phi) is 8.37. The third-order valence-corrected chi connectivity index (χ3v) is 1.51. The number of methoxy groups -OCH3 is 1. The summed E-state index contributed by atoms with van der Waals surface area (Å²) in [6, 6.07) is 0. The van der Waals surface area contributed by atoms with E-state index in [4.69, 9.17) is 4.74 Å². The number of carbonyl (C=O) groups excluding carboxylic acids is 2. The zero-order valence-corrected chi connectivity index (χ0v) is 9.12. The maximum Gasteiger partial charge on any atom is 0.331 e. The van der Waals surface area contributed by atoms with Crippen molar-refractivity contribution in [3.8, 4) is 0 Å². The van der Waals surface area contributed by atoms with E-state index < -0.39 is 11.9 Å². The summed E-state index contributed by atoms with van der Waals surface area (Å²) in [5.74, 6) is -1.12. The molecule has 0 aliphatic rings. The van der Waals surface area contributed by atoms with Crippen LogP contribution in [0, 0.1) is 0 Å². The fourth-order valence-electron chi connectivity index (χ4n) is 0.778. The van der Waals surface area contributed by atoms with Gasteiger partial charge in [-0.1, -0.05) is 6.92 Å². The van der Waals surface area contributed by atoms with Gasteiger partial charge in [-0.25, -0.2) is 9.59 Å². The Labute approximate surface area is 89.4 Å². The normalized spacial score (nSPS) is 10.3. The molecule has 5 heteroatoms. The summed E-state index contributed by atoms with van der Waals surface area (Å²) >= 11 is 0. The van der Waals surface area contributed by atoms with Gasteiger partial charge in [0.25, 0.3) is 0 Å². The van der Waals surface area contributed by atoms with Crippen molar-refractivity contribution in [2.75, 3.05) is 26.8 Å². The van der Waals surface area contributed by atoms with Crippen molar-refractivity contribution in [2.45, 2.75) is 13.3 Å². The summed E-state index contributed by atoms with van der Waals surface area (Å²) in [6.07, 6.45) is 3.11. The molecule has 0 radical (unpaired) electrons. The number of hydrogen-bond acceptors (Lipinski definition) is 5. The van der Waals surface area contributed by atoms with Gasteiger partial charge in [0.05, 0.1) is 7.11 Å². The van der Waals surface area contributed by atoms with Gasteiger partial charge in [-0.2, -0.15) is 0 Å². The highest BCUT2D eigenvalue weighted by Crippen LogP contribution is 1.83. The molecule has 1 N–H and O–H groups in total.